The number of esters is 1. The lowest BCUT2D eigenvalue weighted by Gasteiger charge is -2.62. The van der Waals surface area contributed by atoms with Gasteiger partial charge in [-0.1, -0.05) is 51.1 Å². The zero-order valence-corrected chi connectivity index (χ0v) is 19.1. The summed E-state index contributed by atoms with van der Waals surface area (Å²) in [5, 5.41) is 0. The van der Waals surface area contributed by atoms with E-state index in [9.17, 15) is 9.59 Å². The molecule has 1 aromatic rings. The Hall–Kier alpha value is -1.64. The third-order valence-electron chi connectivity index (χ3n) is 10.6. The quantitative estimate of drug-likeness (QED) is 0.458. The molecule has 0 amide bonds. The minimum absolute atomic E-state index is 0.00358. The van der Waals surface area contributed by atoms with Crippen LogP contribution in [-0.4, -0.2) is 17.9 Å². The lowest BCUT2D eigenvalue weighted by molar-refractivity contribution is -0.199. The van der Waals surface area contributed by atoms with Gasteiger partial charge in [-0.05, 0) is 85.4 Å². The number of ether oxygens (including phenoxy) is 1. The van der Waals surface area contributed by atoms with Gasteiger partial charge in [0.2, 0.25) is 0 Å². The summed E-state index contributed by atoms with van der Waals surface area (Å²) in [7, 11) is 0. The maximum absolute atomic E-state index is 13.6. The average molecular weight is 421 g/mol. The Balaban J connectivity index is 1.22. The van der Waals surface area contributed by atoms with Crippen LogP contribution >= 0.6 is 0 Å². The SMILES string of the molecule is C[C@@H]1[C@@H](OC(=O)[C@H]2[C@@H]3C[C@H]4C[C@@H](C3)[C@@H](C(=O)c3ccccc3)[C@@H]2C4)C[C@H]2C[C@@H]1C2(C)C. The fraction of sp³-hybridized carbons (Fsp3) is 0.714. The fourth-order valence-corrected chi connectivity index (χ4v) is 8.97. The van der Waals surface area contributed by atoms with Gasteiger partial charge in [-0.15, -0.1) is 0 Å². The van der Waals surface area contributed by atoms with Crippen molar-refractivity contribution in [3.05, 3.63) is 35.9 Å². The van der Waals surface area contributed by atoms with Crippen LogP contribution in [0.2, 0.25) is 0 Å². The molecule has 7 fully saturated rings. The van der Waals surface area contributed by atoms with Crippen molar-refractivity contribution in [2.75, 3.05) is 0 Å². The molecular weight excluding hydrogens is 384 g/mol. The number of rotatable bonds is 4. The molecular formula is C28H36O3. The van der Waals surface area contributed by atoms with E-state index >= 15 is 0 Å². The Kier molecular flexibility index (Phi) is 4.47. The van der Waals surface area contributed by atoms with Gasteiger partial charge in [0.1, 0.15) is 6.10 Å². The molecule has 7 aliphatic rings. The molecule has 166 valence electrons. The summed E-state index contributed by atoms with van der Waals surface area (Å²) in [6.07, 6.45) is 6.81. The van der Waals surface area contributed by atoms with E-state index in [1.54, 1.807) is 0 Å². The van der Waals surface area contributed by atoms with Crippen molar-refractivity contribution >= 4 is 11.8 Å². The van der Waals surface area contributed by atoms with Crippen LogP contribution in [0, 0.1) is 58.7 Å². The maximum Gasteiger partial charge on any atom is 0.309 e. The molecule has 0 radical (unpaired) electrons. The van der Waals surface area contributed by atoms with Gasteiger partial charge in [0.25, 0.3) is 0 Å². The zero-order chi connectivity index (χ0) is 21.5. The molecule has 8 rings (SSSR count). The monoisotopic (exact) mass is 420 g/mol. The Bertz CT molecular complexity index is 889. The van der Waals surface area contributed by atoms with Crippen molar-refractivity contribution in [1.29, 1.82) is 0 Å². The van der Waals surface area contributed by atoms with Gasteiger partial charge < -0.3 is 4.74 Å². The van der Waals surface area contributed by atoms with E-state index in [0.717, 1.165) is 31.2 Å². The van der Waals surface area contributed by atoms with Crippen molar-refractivity contribution in [2.24, 2.45) is 58.7 Å². The molecule has 6 bridgehead atoms. The van der Waals surface area contributed by atoms with Crippen LogP contribution in [0.5, 0.6) is 0 Å². The number of benzene rings is 1. The second-order valence-electron chi connectivity index (χ2n) is 12.2. The third kappa shape index (κ3) is 2.91. The molecule has 0 aromatic heterocycles. The summed E-state index contributed by atoms with van der Waals surface area (Å²) in [5.41, 5.74) is 1.22. The van der Waals surface area contributed by atoms with Crippen LogP contribution in [0.3, 0.4) is 0 Å². The lowest BCUT2D eigenvalue weighted by atomic mass is 9.45. The first-order chi connectivity index (χ1) is 14.8. The second-order valence-corrected chi connectivity index (χ2v) is 12.2. The number of carbonyl (C=O) groups is 2. The van der Waals surface area contributed by atoms with Crippen LogP contribution in [0.4, 0.5) is 0 Å². The van der Waals surface area contributed by atoms with Crippen LogP contribution in [0.1, 0.15) is 69.7 Å². The Morgan fingerprint density at radius 1 is 0.903 bits per heavy atom. The van der Waals surface area contributed by atoms with Gasteiger partial charge >= 0.3 is 5.97 Å². The van der Waals surface area contributed by atoms with Gasteiger partial charge in [0, 0.05) is 11.5 Å². The first-order valence-corrected chi connectivity index (χ1v) is 12.6. The van der Waals surface area contributed by atoms with Gasteiger partial charge in [0.15, 0.2) is 5.78 Å². The van der Waals surface area contributed by atoms with E-state index < -0.39 is 0 Å². The first kappa shape index (κ1) is 20.0. The van der Waals surface area contributed by atoms with E-state index in [-0.39, 0.29) is 35.6 Å². The normalized spacial score (nSPS) is 46.3. The molecule has 10 atom stereocenters. The summed E-state index contributed by atoms with van der Waals surface area (Å²) < 4.78 is 6.31. The predicted molar refractivity (Wildman–Crippen MR) is 119 cm³/mol. The molecule has 0 heterocycles. The highest BCUT2D eigenvalue weighted by atomic mass is 16.5. The number of Topliss-reactive ketones (excluding diaryl/α,β-unsaturated/α-hetero) is 1. The largest absolute Gasteiger partial charge is 0.462 e. The summed E-state index contributed by atoms with van der Waals surface area (Å²) in [6.45, 7) is 7.06. The van der Waals surface area contributed by atoms with Crippen molar-refractivity contribution in [3.63, 3.8) is 0 Å². The van der Waals surface area contributed by atoms with E-state index in [0.29, 0.717) is 40.9 Å². The molecule has 0 aliphatic heterocycles. The highest BCUT2D eigenvalue weighted by molar-refractivity contribution is 5.98. The van der Waals surface area contributed by atoms with E-state index in [1.807, 2.05) is 30.3 Å². The van der Waals surface area contributed by atoms with Gasteiger partial charge in [-0.3, -0.25) is 9.59 Å². The number of hydrogen-bond acceptors (Lipinski definition) is 3. The van der Waals surface area contributed by atoms with Crippen molar-refractivity contribution in [2.45, 2.75) is 65.4 Å². The standard InChI is InChI=1S/C28H36O3/c1-15-22-13-20(28(22,2)3)14-23(15)31-27(30)25-19-10-16-9-18(12-19)24(21(25)11-16)26(29)17-7-5-4-6-8-17/h4-8,15-16,18-25H,9-14H2,1-3H3/t15-,16+,18-,19+,20+,21-,22-,23-,24+,25-/m0/s1. The second kappa shape index (κ2) is 6.93. The van der Waals surface area contributed by atoms with Crippen LogP contribution in [0.25, 0.3) is 0 Å². The molecule has 0 saturated heterocycles. The summed E-state index contributed by atoms with van der Waals surface area (Å²) >= 11 is 0. The van der Waals surface area contributed by atoms with Crippen molar-refractivity contribution in [1.82, 2.24) is 0 Å². The molecule has 1 aromatic carbocycles. The predicted octanol–water partition coefficient (Wildman–Crippen LogP) is 5.78. The van der Waals surface area contributed by atoms with E-state index in [1.165, 1.54) is 12.8 Å². The molecule has 0 unspecified atom stereocenters. The van der Waals surface area contributed by atoms with Gasteiger partial charge in [-0.25, -0.2) is 0 Å². The Morgan fingerprint density at radius 2 is 1.61 bits per heavy atom. The molecule has 0 N–H and O–H groups in total. The van der Waals surface area contributed by atoms with Crippen molar-refractivity contribution < 1.29 is 14.3 Å². The highest BCUT2D eigenvalue weighted by Gasteiger charge is 2.60. The Labute approximate surface area is 186 Å². The number of ketones is 1. The van der Waals surface area contributed by atoms with E-state index in [4.69, 9.17) is 4.74 Å². The maximum atomic E-state index is 13.6. The third-order valence-corrected chi connectivity index (χ3v) is 10.6. The van der Waals surface area contributed by atoms with Gasteiger partial charge in [-0.2, -0.15) is 0 Å². The molecule has 7 saturated carbocycles. The van der Waals surface area contributed by atoms with Crippen LogP contribution in [-0.2, 0) is 9.53 Å². The minimum Gasteiger partial charge on any atom is -0.462 e. The zero-order valence-electron chi connectivity index (χ0n) is 19.1. The molecule has 3 heteroatoms. The first-order valence-electron chi connectivity index (χ1n) is 12.6. The number of hydrogen-bond donors (Lipinski definition) is 0. The molecule has 7 aliphatic carbocycles. The Morgan fingerprint density at radius 3 is 2.29 bits per heavy atom. The highest BCUT2D eigenvalue weighted by Crippen LogP contribution is 2.63. The number of fused-ring (bicyclic) bond motifs is 2. The van der Waals surface area contributed by atoms with Crippen LogP contribution < -0.4 is 0 Å². The smallest absolute Gasteiger partial charge is 0.309 e. The summed E-state index contributed by atoms with van der Waals surface area (Å²) in [6, 6.07) is 9.75. The molecule has 0 spiro atoms. The topological polar surface area (TPSA) is 43.4 Å². The average Bonchev–Trinajstić information content (AvgIpc) is 2.74. The molecule has 31 heavy (non-hydrogen) atoms. The number of carbonyl (C=O) groups excluding carboxylic acids is 2. The molecule has 3 nitrogen and oxygen atoms in total. The minimum atomic E-state index is -0.0658. The van der Waals surface area contributed by atoms with E-state index in [2.05, 4.69) is 20.8 Å². The fourth-order valence-electron chi connectivity index (χ4n) is 8.97. The summed E-state index contributed by atoms with van der Waals surface area (Å²) in [5.74, 6) is 3.82. The van der Waals surface area contributed by atoms with Crippen LogP contribution in [0.15, 0.2) is 30.3 Å². The van der Waals surface area contributed by atoms with Crippen molar-refractivity contribution in [3.8, 4) is 0 Å². The lowest BCUT2D eigenvalue weighted by Crippen LogP contribution is -2.59. The summed E-state index contributed by atoms with van der Waals surface area (Å²) in [4.78, 5) is 27.1. The van der Waals surface area contributed by atoms with Gasteiger partial charge in [0.05, 0.1) is 5.92 Å².